The molecule has 2 rings (SSSR count). The van der Waals surface area contributed by atoms with E-state index in [4.69, 9.17) is 0 Å². The van der Waals surface area contributed by atoms with Gasteiger partial charge in [-0.2, -0.15) is 0 Å². The summed E-state index contributed by atoms with van der Waals surface area (Å²) in [6.07, 6.45) is 9.18. The van der Waals surface area contributed by atoms with Gasteiger partial charge >= 0.3 is 0 Å². The lowest BCUT2D eigenvalue weighted by molar-refractivity contribution is 0.0651. The van der Waals surface area contributed by atoms with Crippen LogP contribution in [0.2, 0.25) is 0 Å². The van der Waals surface area contributed by atoms with Gasteiger partial charge in [0.15, 0.2) is 0 Å². The predicted molar refractivity (Wildman–Crippen MR) is 84.1 cm³/mol. The van der Waals surface area contributed by atoms with Gasteiger partial charge in [-0.1, -0.05) is 64.0 Å². The van der Waals surface area contributed by atoms with Crippen molar-refractivity contribution in [1.29, 1.82) is 0 Å². The average molecular weight is 286 g/mol. The van der Waals surface area contributed by atoms with Crippen LogP contribution in [0.5, 0.6) is 0 Å². The standard InChI is InChI=1S/C18H24NO2/c1-2-3-4-5-6-7-8-11-14-19-17(20)15-12-9-10-13-16(15)18(19)21/h9-10,12-13H,1-8,11,14H2. The summed E-state index contributed by atoms with van der Waals surface area (Å²) in [5.41, 5.74) is 1.10. The van der Waals surface area contributed by atoms with Crippen LogP contribution in [0.4, 0.5) is 0 Å². The second-order valence-electron chi connectivity index (χ2n) is 5.64. The van der Waals surface area contributed by atoms with Crippen LogP contribution >= 0.6 is 0 Å². The first-order valence-corrected chi connectivity index (χ1v) is 8.00. The first-order valence-electron chi connectivity index (χ1n) is 8.00. The molecule has 0 bridgehead atoms. The second-order valence-corrected chi connectivity index (χ2v) is 5.64. The Kier molecular flexibility index (Phi) is 5.97. The Balaban J connectivity index is 1.69. The van der Waals surface area contributed by atoms with Crippen molar-refractivity contribution in [2.45, 2.75) is 51.4 Å². The van der Waals surface area contributed by atoms with Crippen molar-refractivity contribution in [3.8, 4) is 0 Å². The van der Waals surface area contributed by atoms with Crippen LogP contribution in [0, 0.1) is 6.92 Å². The van der Waals surface area contributed by atoms with E-state index in [1.165, 1.54) is 37.0 Å². The van der Waals surface area contributed by atoms with Crippen molar-refractivity contribution < 1.29 is 9.59 Å². The molecule has 0 atom stereocenters. The summed E-state index contributed by atoms with van der Waals surface area (Å²) in [5, 5.41) is 0. The minimum atomic E-state index is -0.133. The Morgan fingerprint density at radius 1 is 0.762 bits per heavy atom. The molecule has 3 heteroatoms. The summed E-state index contributed by atoms with van der Waals surface area (Å²) in [6.45, 7) is 4.39. The van der Waals surface area contributed by atoms with Crippen molar-refractivity contribution in [1.82, 2.24) is 4.90 Å². The van der Waals surface area contributed by atoms with Gasteiger partial charge in [-0.15, -0.1) is 0 Å². The van der Waals surface area contributed by atoms with Gasteiger partial charge in [0.25, 0.3) is 11.8 Å². The van der Waals surface area contributed by atoms with Crippen LogP contribution in [0.15, 0.2) is 24.3 Å². The van der Waals surface area contributed by atoms with Gasteiger partial charge in [0.1, 0.15) is 0 Å². The van der Waals surface area contributed by atoms with E-state index in [1.54, 1.807) is 24.3 Å². The monoisotopic (exact) mass is 286 g/mol. The molecule has 0 N–H and O–H groups in total. The van der Waals surface area contributed by atoms with E-state index in [0.717, 1.165) is 19.3 Å². The molecule has 1 aromatic rings. The molecular weight excluding hydrogens is 262 g/mol. The predicted octanol–water partition coefficient (Wildman–Crippen LogP) is 4.24. The van der Waals surface area contributed by atoms with Crippen molar-refractivity contribution in [2.24, 2.45) is 0 Å². The summed E-state index contributed by atoms with van der Waals surface area (Å²) in [4.78, 5) is 25.7. The Bertz CT molecular complexity index is 461. The van der Waals surface area contributed by atoms with Crippen LogP contribution in [0.1, 0.15) is 72.1 Å². The molecule has 0 saturated carbocycles. The van der Waals surface area contributed by atoms with E-state index in [9.17, 15) is 9.59 Å². The number of nitrogens with zero attached hydrogens (tertiary/aromatic N) is 1. The molecule has 1 aliphatic rings. The third-order valence-corrected chi connectivity index (χ3v) is 4.01. The van der Waals surface area contributed by atoms with E-state index in [0.29, 0.717) is 17.7 Å². The summed E-state index contributed by atoms with van der Waals surface area (Å²) in [6, 6.07) is 7.08. The van der Waals surface area contributed by atoms with Crippen molar-refractivity contribution >= 4 is 11.8 Å². The van der Waals surface area contributed by atoms with Gasteiger partial charge in [-0.25, -0.2) is 0 Å². The van der Waals surface area contributed by atoms with E-state index in [-0.39, 0.29) is 11.8 Å². The van der Waals surface area contributed by atoms with Crippen molar-refractivity contribution in [3.63, 3.8) is 0 Å². The van der Waals surface area contributed by atoms with Gasteiger partial charge in [-0.05, 0) is 18.6 Å². The molecule has 0 aliphatic carbocycles. The van der Waals surface area contributed by atoms with E-state index in [1.807, 2.05) is 0 Å². The van der Waals surface area contributed by atoms with Crippen LogP contribution < -0.4 is 0 Å². The number of hydrogen-bond acceptors (Lipinski definition) is 2. The lowest BCUT2D eigenvalue weighted by Crippen LogP contribution is -2.30. The van der Waals surface area contributed by atoms with Gasteiger partial charge in [0.2, 0.25) is 0 Å². The molecule has 0 aromatic heterocycles. The molecule has 21 heavy (non-hydrogen) atoms. The van der Waals surface area contributed by atoms with Gasteiger partial charge < -0.3 is 0 Å². The Morgan fingerprint density at radius 2 is 1.24 bits per heavy atom. The van der Waals surface area contributed by atoms with Crippen LogP contribution in [-0.4, -0.2) is 23.3 Å². The number of amides is 2. The Labute approximate surface area is 127 Å². The number of hydrogen-bond donors (Lipinski definition) is 0. The van der Waals surface area contributed by atoms with E-state index in [2.05, 4.69) is 6.92 Å². The fourth-order valence-electron chi connectivity index (χ4n) is 2.77. The molecule has 1 radical (unpaired) electrons. The number of fused-ring (bicyclic) bond motifs is 1. The van der Waals surface area contributed by atoms with Crippen LogP contribution in [0.25, 0.3) is 0 Å². The van der Waals surface area contributed by atoms with Gasteiger partial charge in [-0.3, -0.25) is 14.5 Å². The number of imide groups is 1. The molecule has 0 spiro atoms. The minimum Gasteiger partial charge on any atom is -0.274 e. The smallest absolute Gasteiger partial charge is 0.261 e. The zero-order valence-electron chi connectivity index (χ0n) is 12.6. The molecule has 0 unspecified atom stereocenters. The fourth-order valence-corrected chi connectivity index (χ4v) is 2.77. The lowest BCUT2D eigenvalue weighted by Gasteiger charge is -2.13. The zero-order valence-corrected chi connectivity index (χ0v) is 12.6. The van der Waals surface area contributed by atoms with Gasteiger partial charge in [0, 0.05) is 6.54 Å². The third kappa shape index (κ3) is 3.93. The quantitative estimate of drug-likeness (QED) is 0.503. The molecule has 1 aliphatic heterocycles. The van der Waals surface area contributed by atoms with Crippen LogP contribution in [-0.2, 0) is 0 Å². The summed E-state index contributed by atoms with van der Waals surface area (Å²) >= 11 is 0. The first-order chi connectivity index (χ1) is 10.3. The molecule has 113 valence electrons. The molecule has 0 saturated heterocycles. The number of carbonyl (C=O) groups is 2. The van der Waals surface area contributed by atoms with Crippen molar-refractivity contribution in [2.75, 3.05) is 6.54 Å². The second kappa shape index (κ2) is 7.96. The van der Waals surface area contributed by atoms with Crippen LogP contribution in [0.3, 0.4) is 0 Å². The molecule has 0 fully saturated rings. The normalized spacial score (nSPS) is 13.9. The average Bonchev–Trinajstić information content (AvgIpc) is 2.75. The number of benzene rings is 1. The minimum absolute atomic E-state index is 0.133. The summed E-state index contributed by atoms with van der Waals surface area (Å²) in [5.74, 6) is -0.267. The van der Waals surface area contributed by atoms with Gasteiger partial charge in [0.05, 0.1) is 11.1 Å². The molecule has 3 nitrogen and oxygen atoms in total. The maximum atomic E-state index is 12.1. The van der Waals surface area contributed by atoms with E-state index >= 15 is 0 Å². The highest BCUT2D eigenvalue weighted by molar-refractivity contribution is 6.21. The molecular formula is C18H24NO2. The first kappa shape index (κ1) is 15.7. The lowest BCUT2D eigenvalue weighted by atomic mass is 10.1. The highest BCUT2D eigenvalue weighted by Crippen LogP contribution is 2.22. The Morgan fingerprint density at radius 3 is 1.76 bits per heavy atom. The van der Waals surface area contributed by atoms with Crippen molar-refractivity contribution in [3.05, 3.63) is 42.3 Å². The molecule has 1 aromatic carbocycles. The SMILES string of the molecule is [CH2]CCCCCCCCCN1C(=O)c2ccccc2C1=O. The maximum Gasteiger partial charge on any atom is 0.261 e. The molecule has 1 heterocycles. The fraction of sp³-hybridized carbons (Fsp3) is 0.500. The number of carbonyl (C=O) groups excluding carboxylic acids is 2. The Hall–Kier alpha value is -1.64. The maximum absolute atomic E-state index is 12.1. The zero-order chi connectivity index (χ0) is 15.1. The number of rotatable bonds is 9. The summed E-state index contributed by atoms with van der Waals surface area (Å²) in [7, 11) is 0. The third-order valence-electron chi connectivity index (χ3n) is 4.01. The largest absolute Gasteiger partial charge is 0.274 e. The topological polar surface area (TPSA) is 37.4 Å². The summed E-state index contributed by atoms with van der Waals surface area (Å²) < 4.78 is 0. The highest BCUT2D eigenvalue weighted by Gasteiger charge is 2.34. The number of unbranched alkanes of at least 4 members (excludes halogenated alkanes) is 7. The van der Waals surface area contributed by atoms with E-state index < -0.39 is 0 Å². The highest BCUT2D eigenvalue weighted by atomic mass is 16.2. The molecule has 2 amide bonds.